The Morgan fingerprint density at radius 2 is 2.28 bits per heavy atom. The summed E-state index contributed by atoms with van der Waals surface area (Å²) in [5.74, 6) is -0.137. The van der Waals surface area contributed by atoms with Gasteiger partial charge in [-0.3, -0.25) is 4.79 Å². The molecule has 3 N–H and O–H groups in total. The van der Waals surface area contributed by atoms with Gasteiger partial charge in [-0.15, -0.1) is 11.3 Å². The molecule has 1 aromatic carbocycles. The lowest BCUT2D eigenvalue weighted by Crippen LogP contribution is -2.17. The van der Waals surface area contributed by atoms with Crippen LogP contribution in [0.3, 0.4) is 0 Å². The van der Waals surface area contributed by atoms with Crippen molar-refractivity contribution >= 4 is 22.9 Å². The van der Waals surface area contributed by atoms with E-state index in [9.17, 15) is 4.79 Å². The summed E-state index contributed by atoms with van der Waals surface area (Å²) in [4.78, 5) is 16.0. The van der Waals surface area contributed by atoms with Crippen LogP contribution in [0, 0.1) is 0 Å². The second-order valence-electron chi connectivity index (χ2n) is 4.28. The Balaban J connectivity index is 2.00. The molecule has 18 heavy (non-hydrogen) atoms. The summed E-state index contributed by atoms with van der Waals surface area (Å²) < 4.78 is 0. The number of thiazole rings is 1. The molecule has 2 heterocycles. The van der Waals surface area contributed by atoms with Crippen molar-refractivity contribution < 1.29 is 4.79 Å². The molecule has 5 heteroatoms. The first-order valence-electron chi connectivity index (χ1n) is 5.84. The van der Waals surface area contributed by atoms with Gasteiger partial charge >= 0.3 is 0 Å². The van der Waals surface area contributed by atoms with E-state index in [2.05, 4.69) is 22.4 Å². The molecule has 0 bridgehead atoms. The molecule has 3 rings (SSSR count). The molecule has 0 spiro atoms. The summed E-state index contributed by atoms with van der Waals surface area (Å²) >= 11 is 1.40. The van der Waals surface area contributed by atoms with Crippen LogP contribution < -0.4 is 11.1 Å². The number of carbonyl (C=O) groups is 1. The Morgan fingerprint density at radius 3 is 3.06 bits per heavy atom. The highest BCUT2D eigenvalue weighted by atomic mass is 32.1. The fourth-order valence-corrected chi connectivity index (χ4v) is 3.21. The molecule has 1 aromatic heterocycles. The minimum atomic E-state index is -0.402. The van der Waals surface area contributed by atoms with Crippen LogP contribution in [-0.4, -0.2) is 17.4 Å². The first-order chi connectivity index (χ1) is 8.75. The van der Waals surface area contributed by atoms with Crippen molar-refractivity contribution in [2.24, 2.45) is 5.73 Å². The number of nitrogens with two attached hydrogens (primary N) is 1. The average molecular weight is 259 g/mol. The van der Waals surface area contributed by atoms with E-state index >= 15 is 0 Å². The van der Waals surface area contributed by atoms with Crippen LogP contribution in [0.4, 0.5) is 5.69 Å². The van der Waals surface area contributed by atoms with Gasteiger partial charge in [0.15, 0.2) is 0 Å². The van der Waals surface area contributed by atoms with E-state index in [0.717, 1.165) is 23.7 Å². The number of amides is 1. The molecular weight excluding hydrogens is 246 g/mol. The molecule has 1 amide bonds. The minimum absolute atomic E-state index is 0.264. The molecule has 0 saturated carbocycles. The van der Waals surface area contributed by atoms with Gasteiger partial charge in [-0.1, -0.05) is 18.2 Å². The summed E-state index contributed by atoms with van der Waals surface area (Å²) in [5, 5.41) is 4.35. The van der Waals surface area contributed by atoms with E-state index < -0.39 is 5.91 Å². The zero-order chi connectivity index (χ0) is 12.5. The Morgan fingerprint density at radius 1 is 1.44 bits per heavy atom. The third kappa shape index (κ3) is 1.86. The van der Waals surface area contributed by atoms with Crippen molar-refractivity contribution in [1.29, 1.82) is 0 Å². The summed E-state index contributed by atoms with van der Waals surface area (Å²) in [6.07, 6.45) is 2.57. The lowest BCUT2D eigenvalue weighted by Gasteiger charge is -2.25. The molecule has 2 aromatic rings. The molecule has 1 atom stereocenters. The maximum atomic E-state index is 11.1. The lowest BCUT2D eigenvalue weighted by atomic mass is 9.92. The number of para-hydroxylation sites is 1. The Kier molecular flexibility index (Phi) is 2.76. The summed E-state index contributed by atoms with van der Waals surface area (Å²) in [6, 6.07) is 8.23. The number of hydrogen-bond acceptors (Lipinski definition) is 4. The number of hydrogen-bond donors (Lipinski definition) is 2. The summed E-state index contributed by atoms with van der Waals surface area (Å²) in [7, 11) is 0. The molecule has 1 unspecified atom stereocenters. The third-order valence-electron chi connectivity index (χ3n) is 3.15. The van der Waals surface area contributed by atoms with Crippen molar-refractivity contribution in [3.63, 3.8) is 0 Å². The van der Waals surface area contributed by atoms with Gasteiger partial charge in [-0.25, -0.2) is 4.98 Å². The molecule has 4 nitrogen and oxygen atoms in total. The van der Waals surface area contributed by atoms with Crippen LogP contribution in [0.1, 0.15) is 32.6 Å². The van der Waals surface area contributed by atoms with Gasteiger partial charge < -0.3 is 11.1 Å². The van der Waals surface area contributed by atoms with E-state index in [1.807, 2.05) is 12.1 Å². The van der Waals surface area contributed by atoms with Gasteiger partial charge in [0.05, 0.1) is 6.20 Å². The normalized spacial score (nSPS) is 17.9. The number of carbonyl (C=O) groups excluding carboxylic acids is 1. The van der Waals surface area contributed by atoms with Crippen LogP contribution in [-0.2, 0) is 0 Å². The number of nitrogens with zero attached hydrogens (tertiary/aromatic N) is 1. The third-order valence-corrected chi connectivity index (χ3v) is 4.27. The predicted molar refractivity (Wildman–Crippen MR) is 72.0 cm³/mol. The quantitative estimate of drug-likeness (QED) is 0.868. The smallest absolute Gasteiger partial charge is 0.260 e. The monoisotopic (exact) mass is 259 g/mol. The van der Waals surface area contributed by atoms with Crippen LogP contribution in [0.25, 0.3) is 0 Å². The van der Waals surface area contributed by atoms with Gasteiger partial charge in [0.2, 0.25) is 0 Å². The van der Waals surface area contributed by atoms with Gasteiger partial charge in [-0.2, -0.15) is 0 Å². The molecular formula is C13H13N3OS. The molecule has 92 valence electrons. The van der Waals surface area contributed by atoms with E-state index in [0.29, 0.717) is 4.88 Å². The van der Waals surface area contributed by atoms with Gasteiger partial charge in [0, 0.05) is 18.2 Å². The van der Waals surface area contributed by atoms with E-state index in [-0.39, 0.29) is 5.92 Å². The van der Waals surface area contributed by atoms with E-state index in [1.54, 1.807) is 6.20 Å². The SMILES string of the molecule is NC(=O)c1cnc(C2CCNc3ccccc32)s1. The minimum Gasteiger partial charge on any atom is -0.385 e. The predicted octanol–water partition coefficient (Wildman–Crippen LogP) is 2.19. The second-order valence-corrected chi connectivity index (χ2v) is 5.34. The van der Waals surface area contributed by atoms with Crippen molar-refractivity contribution in [3.05, 3.63) is 45.9 Å². The second kappa shape index (κ2) is 4.42. The fourth-order valence-electron chi connectivity index (χ4n) is 2.29. The zero-order valence-electron chi connectivity index (χ0n) is 9.72. The average Bonchev–Trinajstić information content (AvgIpc) is 2.87. The van der Waals surface area contributed by atoms with Crippen molar-refractivity contribution in [1.82, 2.24) is 4.98 Å². The maximum Gasteiger partial charge on any atom is 0.260 e. The van der Waals surface area contributed by atoms with Crippen molar-refractivity contribution in [2.45, 2.75) is 12.3 Å². The van der Waals surface area contributed by atoms with E-state index in [4.69, 9.17) is 5.73 Å². The highest BCUT2D eigenvalue weighted by Crippen LogP contribution is 2.37. The number of aromatic nitrogens is 1. The van der Waals surface area contributed by atoms with Crippen LogP contribution in [0.2, 0.25) is 0 Å². The number of fused-ring (bicyclic) bond motifs is 1. The number of anilines is 1. The number of benzene rings is 1. The van der Waals surface area contributed by atoms with Crippen molar-refractivity contribution in [2.75, 3.05) is 11.9 Å². The highest BCUT2D eigenvalue weighted by Gasteiger charge is 2.24. The Labute approximate surface area is 109 Å². The molecule has 0 saturated heterocycles. The first-order valence-corrected chi connectivity index (χ1v) is 6.65. The van der Waals surface area contributed by atoms with Crippen molar-refractivity contribution in [3.8, 4) is 0 Å². The zero-order valence-corrected chi connectivity index (χ0v) is 10.5. The number of rotatable bonds is 2. The van der Waals surface area contributed by atoms with Crippen LogP contribution in [0.5, 0.6) is 0 Å². The molecule has 0 aliphatic carbocycles. The van der Waals surface area contributed by atoms with Gasteiger partial charge in [0.25, 0.3) is 5.91 Å². The lowest BCUT2D eigenvalue weighted by molar-refractivity contribution is 0.100. The standard InChI is InChI=1S/C13H13N3OS/c14-12(17)11-7-16-13(18-11)9-5-6-15-10-4-2-1-3-8(9)10/h1-4,7,9,15H,5-6H2,(H2,14,17). The summed E-state index contributed by atoms with van der Waals surface area (Å²) in [6.45, 7) is 0.924. The highest BCUT2D eigenvalue weighted by molar-refractivity contribution is 7.13. The maximum absolute atomic E-state index is 11.1. The Bertz CT molecular complexity index is 593. The topological polar surface area (TPSA) is 68.0 Å². The molecule has 0 radical (unpaired) electrons. The molecule has 1 aliphatic heterocycles. The summed E-state index contributed by atoms with van der Waals surface area (Å²) in [5.41, 5.74) is 7.67. The number of primary amides is 1. The molecule has 0 fully saturated rings. The van der Waals surface area contributed by atoms with Crippen LogP contribution in [0.15, 0.2) is 30.5 Å². The van der Waals surface area contributed by atoms with Gasteiger partial charge in [0.1, 0.15) is 9.88 Å². The van der Waals surface area contributed by atoms with E-state index in [1.165, 1.54) is 16.9 Å². The molecule has 1 aliphatic rings. The van der Waals surface area contributed by atoms with Crippen LogP contribution >= 0.6 is 11.3 Å². The van der Waals surface area contributed by atoms with Gasteiger partial charge in [-0.05, 0) is 18.1 Å². The fraction of sp³-hybridized carbons (Fsp3) is 0.231. The first kappa shape index (κ1) is 11.2. The Hall–Kier alpha value is -1.88. The largest absolute Gasteiger partial charge is 0.385 e. The number of nitrogens with one attached hydrogen (secondary N) is 1.